The van der Waals surface area contributed by atoms with E-state index in [9.17, 15) is 4.79 Å². The minimum atomic E-state index is -0.328. The Morgan fingerprint density at radius 3 is 2.58 bits per heavy atom. The van der Waals surface area contributed by atoms with Gasteiger partial charge in [0.05, 0.1) is 6.42 Å². The van der Waals surface area contributed by atoms with Crippen molar-refractivity contribution in [1.29, 1.82) is 0 Å². The predicted molar refractivity (Wildman–Crippen MR) is 129 cm³/mol. The van der Waals surface area contributed by atoms with Crippen molar-refractivity contribution in [3.8, 4) is 0 Å². The third kappa shape index (κ3) is 5.40. The molecule has 0 radical (unpaired) electrons. The first-order valence-electron chi connectivity index (χ1n) is 11.0. The molecule has 1 amide bonds. The summed E-state index contributed by atoms with van der Waals surface area (Å²) in [6.45, 7) is 6.15. The first-order chi connectivity index (χ1) is 15.0. The Labute approximate surface area is 192 Å². The number of rotatable bonds is 6. The molecule has 1 aliphatic heterocycles. The largest absolute Gasteiger partial charge is 0.464 e. The molecule has 0 bridgehead atoms. The van der Waals surface area contributed by atoms with Crippen molar-refractivity contribution in [3.05, 3.63) is 87.3 Å². The van der Waals surface area contributed by atoms with E-state index >= 15 is 0 Å². The lowest BCUT2D eigenvalue weighted by molar-refractivity contribution is -0.121. The fourth-order valence-corrected chi connectivity index (χ4v) is 4.71. The summed E-state index contributed by atoms with van der Waals surface area (Å²) in [7, 11) is 0. The van der Waals surface area contributed by atoms with Crippen molar-refractivity contribution in [2.75, 3.05) is 18.0 Å². The Kier molecular flexibility index (Phi) is 6.81. The average Bonchev–Trinajstić information content (AvgIpc) is 3.19. The number of furan rings is 1. The number of benzene rings is 2. The van der Waals surface area contributed by atoms with Gasteiger partial charge in [-0.3, -0.25) is 4.79 Å². The van der Waals surface area contributed by atoms with Crippen LogP contribution in [0.25, 0.3) is 0 Å². The van der Waals surface area contributed by atoms with Crippen LogP contribution in [-0.4, -0.2) is 19.0 Å². The molecule has 162 valence electrons. The molecule has 1 N–H and O–H groups in total. The third-order valence-corrected chi connectivity index (χ3v) is 6.29. The lowest BCUT2D eigenvalue weighted by Crippen LogP contribution is -2.34. The number of aryl methyl sites for hydroxylation is 2. The van der Waals surface area contributed by atoms with Crippen LogP contribution in [0.1, 0.15) is 53.5 Å². The van der Waals surface area contributed by atoms with Crippen LogP contribution in [0.3, 0.4) is 0 Å². The number of halogens is 1. The zero-order chi connectivity index (χ0) is 21.8. The molecule has 0 aliphatic carbocycles. The number of amides is 1. The molecule has 4 nitrogen and oxygen atoms in total. The van der Waals surface area contributed by atoms with Gasteiger partial charge in [0, 0.05) is 28.8 Å². The highest BCUT2D eigenvalue weighted by Gasteiger charge is 2.25. The molecule has 0 spiro atoms. The highest BCUT2D eigenvalue weighted by molar-refractivity contribution is 9.10. The van der Waals surface area contributed by atoms with Crippen molar-refractivity contribution in [1.82, 2.24) is 5.32 Å². The molecule has 2 aromatic carbocycles. The van der Waals surface area contributed by atoms with Crippen LogP contribution in [0, 0.1) is 13.8 Å². The fourth-order valence-electron chi connectivity index (χ4n) is 4.26. The number of hydrogen-bond donors (Lipinski definition) is 1. The van der Waals surface area contributed by atoms with Crippen molar-refractivity contribution in [3.63, 3.8) is 0 Å². The molecular weight excluding hydrogens is 452 g/mol. The van der Waals surface area contributed by atoms with Gasteiger partial charge in [0.1, 0.15) is 17.6 Å². The van der Waals surface area contributed by atoms with Gasteiger partial charge in [-0.15, -0.1) is 0 Å². The minimum Gasteiger partial charge on any atom is -0.464 e. The normalized spacial score (nSPS) is 15.0. The van der Waals surface area contributed by atoms with E-state index in [4.69, 9.17) is 4.42 Å². The molecule has 1 atom stereocenters. The first kappa shape index (κ1) is 21.7. The van der Waals surface area contributed by atoms with Crippen LogP contribution in [0.2, 0.25) is 0 Å². The van der Waals surface area contributed by atoms with Crippen LogP contribution in [0.4, 0.5) is 5.69 Å². The Bertz CT molecular complexity index is 1050. The van der Waals surface area contributed by atoms with Crippen LogP contribution in [-0.2, 0) is 11.2 Å². The average molecular weight is 481 g/mol. The van der Waals surface area contributed by atoms with Crippen LogP contribution >= 0.6 is 15.9 Å². The van der Waals surface area contributed by atoms with E-state index in [1.54, 1.807) is 0 Å². The maximum Gasteiger partial charge on any atom is 0.225 e. The number of piperidine rings is 1. The molecule has 3 aromatic rings. The number of nitrogens with zero attached hydrogens (tertiary/aromatic N) is 1. The highest BCUT2D eigenvalue weighted by Crippen LogP contribution is 2.34. The van der Waals surface area contributed by atoms with E-state index in [2.05, 4.69) is 51.3 Å². The zero-order valence-corrected chi connectivity index (χ0v) is 19.7. The van der Waals surface area contributed by atoms with E-state index in [-0.39, 0.29) is 11.9 Å². The molecule has 1 unspecified atom stereocenters. The van der Waals surface area contributed by atoms with Crippen molar-refractivity contribution in [2.45, 2.75) is 45.6 Å². The summed E-state index contributed by atoms with van der Waals surface area (Å²) in [4.78, 5) is 15.5. The van der Waals surface area contributed by atoms with Crippen molar-refractivity contribution in [2.24, 2.45) is 0 Å². The number of carbonyl (C=O) groups is 1. The first-order valence-corrected chi connectivity index (χ1v) is 11.7. The standard InChI is InChI=1S/C26H29BrN2O2/c1-18-9-11-22(23(15-18)29-13-4-3-5-14-29)26(24-12-10-19(2)31-24)28-25(30)17-20-7-6-8-21(27)16-20/h6-12,15-16,26H,3-5,13-14,17H2,1-2H3,(H,28,30). The van der Waals surface area contributed by atoms with Gasteiger partial charge >= 0.3 is 0 Å². The van der Waals surface area contributed by atoms with E-state index in [1.807, 2.05) is 43.3 Å². The van der Waals surface area contributed by atoms with Gasteiger partial charge in [0.25, 0.3) is 0 Å². The molecule has 1 saturated heterocycles. The topological polar surface area (TPSA) is 45.5 Å². The molecular formula is C26H29BrN2O2. The summed E-state index contributed by atoms with van der Waals surface area (Å²) in [5, 5.41) is 3.26. The second-order valence-corrected chi connectivity index (χ2v) is 9.28. The van der Waals surface area contributed by atoms with Gasteiger partial charge in [0.15, 0.2) is 0 Å². The molecule has 31 heavy (non-hydrogen) atoms. The van der Waals surface area contributed by atoms with E-state index in [1.165, 1.54) is 30.5 Å². The lowest BCUT2D eigenvalue weighted by atomic mass is 9.97. The highest BCUT2D eigenvalue weighted by atomic mass is 79.9. The monoisotopic (exact) mass is 480 g/mol. The SMILES string of the molecule is Cc1ccc(C(NC(=O)Cc2cccc(Br)c2)c2ccc(C)o2)c(N2CCCCC2)c1. The van der Waals surface area contributed by atoms with Crippen LogP contribution in [0.5, 0.6) is 0 Å². The Morgan fingerprint density at radius 1 is 1.06 bits per heavy atom. The van der Waals surface area contributed by atoms with Gasteiger partial charge in [-0.1, -0.05) is 40.2 Å². The number of anilines is 1. The summed E-state index contributed by atoms with van der Waals surface area (Å²) >= 11 is 3.49. The van der Waals surface area contributed by atoms with Crippen molar-refractivity contribution < 1.29 is 9.21 Å². The second-order valence-electron chi connectivity index (χ2n) is 8.37. The zero-order valence-electron chi connectivity index (χ0n) is 18.2. The second kappa shape index (κ2) is 9.73. The number of carbonyl (C=O) groups excluding carboxylic acids is 1. The maximum absolute atomic E-state index is 13.1. The smallest absolute Gasteiger partial charge is 0.225 e. The van der Waals surface area contributed by atoms with Crippen LogP contribution < -0.4 is 10.2 Å². The lowest BCUT2D eigenvalue weighted by Gasteiger charge is -2.32. The molecule has 5 heteroatoms. The van der Waals surface area contributed by atoms with E-state index < -0.39 is 0 Å². The van der Waals surface area contributed by atoms with E-state index in [0.717, 1.165) is 40.2 Å². The maximum atomic E-state index is 13.1. The van der Waals surface area contributed by atoms with E-state index in [0.29, 0.717) is 6.42 Å². The Hall–Kier alpha value is -2.53. The number of nitrogens with one attached hydrogen (secondary N) is 1. The number of hydrogen-bond acceptors (Lipinski definition) is 3. The molecule has 0 saturated carbocycles. The Morgan fingerprint density at radius 2 is 1.87 bits per heavy atom. The van der Waals surface area contributed by atoms with Gasteiger partial charge in [0.2, 0.25) is 5.91 Å². The minimum absolute atomic E-state index is 0.0256. The van der Waals surface area contributed by atoms with Gasteiger partial charge in [-0.05, 0) is 74.6 Å². The molecule has 1 fully saturated rings. The summed E-state index contributed by atoms with van der Waals surface area (Å²) in [5.74, 6) is 1.58. The summed E-state index contributed by atoms with van der Waals surface area (Å²) < 4.78 is 6.98. The molecule has 1 aromatic heterocycles. The van der Waals surface area contributed by atoms with Gasteiger partial charge < -0.3 is 14.6 Å². The quantitative estimate of drug-likeness (QED) is 0.463. The summed E-state index contributed by atoms with van der Waals surface area (Å²) in [6, 6.07) is 18.0. The Balaban J connectivity index is 1.66. The van der Waals surface area contributed by atoms with Crippen molar-refractivity contribution >= 4 is 27.5 Å². The fraction of sp³-hybridized carbons (Fsp3) is 0.346. The predicted octanol–water partition coefficient (Wildman–Crippen LogP) is 6.10. The molecule has 4 rings (SSSR count). The molecule has 1 aliphatic rings. The van der Waals surface area contributed by atoms with Gasteiger partial charge in [-0.2, -0.15) is 0 Å². The third-order valence-electron chi connectivity index (χ3n) is 5.80. The summed E-state index contributed by atoms with van der Waals surface area (Å²) in [5.41, 5.74) is 4.48. The molecule has 2 heterocycles. The van der Waals surface area contributed by atoms with Gasteiger partial charge in [-0.25, -0.2) is 0 Å². The summed E-state index contributed by atoms with van der Waals surface area (Å²) in [6.07, 6.45) is 4.00. The van der Waals surface area contributed by atoms with Crippen LogP contribution in [0.15, 0.2) is 63.5 Å².